The van der Waals surface area contributed by atoms with Gasteiger partial charge in [0.1, 0.15) is 5.69 Å². The molecule has 1 amide bonds. The molecule has 0 saturated heterocycles. The summed E-state index contributed by atoms with van der Waals surface area (Å²) in [5.74, 6) is 0.0518. The molecule has 1 aromatic carbocycles. The van der Waals surface area contributed by atoms with Gasteiger partial charge in [0.2, 0.25) is 5.91 Å². The number of aromatic nitrogens is 1. The van der Waals surface area contributed by atoms with Crippen molar-refractivity contribution in [2.75, 3.05) is 0 Å². The van der Waals surface area contributed by atoms with Crippen molar-refractivity contribution in [1.29, 1.82) is 0 Å². The van der Waals surface area contributed by atoms with E-state index < -0.39 is 0 Å². The van der Waals surface area contributed by atoms with Crippen molar-refractivity contribution in [3.63, 3.8) is 0 Å². The molecule has 1 heterocycles. The highest BCUT2D eigenvalue weighted by atomic mass is 16.5. The number of nitrogens with one attached hydrogen (secondary N) is 1. The first-order valence-corrected chi connectivity index (χ1v) is 7.45. The Kier molecular flexibility index (Phi) is 4.00. The molecule has 0 unspecified atom stereocenters. The van der Waals surface area contributed by atoms with Crippen LogP contribution in [0.2, 0.25) is 0 Å². The molecule has 0 bridgehead atoms. The molecule has 0 atom stereocenters. The quantitative estimate of drug-likeness (QED) is 0.873. The van der Waals surface area contributed by atoms with E-state index in [1.165, 1.54) is 25.7 Å². The molecular weight excluding hydrogens is 252 g/mol. The van der Waals surface area contributed by atoms with Crippen LogP contribution in [0, 0.1) is 0 Å². The minimum Gasteiger partial charge on any atom is -0.356 e. The predicted molar refractivity (Wildman–Crippen MR) is 77.3 cm³/mol. The van der Waals surface area contributed by atoms with Crippen LogP contribution in [0.3, 0.4) is 0 Å². The van der Waals surface area contributed by atoms with Crippen LogP contribution in [0.15, 0.2) is 28.8 Å². The van der Waals surface area contributed by atoms with Crippen LogP contribution < -0.4 is 5.32 Å². The van der Waals surface area contributed by atoms with Gasteiger partial charge in [0.05, 0.1) is 6.42 Å². The molecule has 4 nitrogen and oxygen atoms in total. The lowest BCUT2D eigenvalue weighted by atomic mass is 10.1. The maximum Gasteiger partial charge on any atom is 0.226 e. The van der Waals surface area contributed by atoms with Crippen LogP contribution in [-0.2, 0) is 11.2 Å². The van der Waals surface area contributed by atoms with Gasteiger partial charge < -0.3 is 9.84 Å². The van der Waals surface area contributed by atoms with Crippen molar-refractivity contribution in [2.24, 2.45) is 0 Å². The Morgan fingerprint density at radius 1 is 1.20 bits per heavy atom. The third-order valence-electron chi connectivity index (χ3n) is 4.00. The summed E-state index contributed by atoms with van der Waals surface area (Å²) in [6.45, 7) is 0. The minimum atomic E-state index is 0.0518. The summed E-state index contributed by atoms with van der Waals surface area (Å²) in [4.78, 5) is 12.1. The molecule has 1 aromatic heterocycles. The summed E-state index contributed by atoms with van der Waals surface area (Å²) in [5.41, 5.74) is 1.47. The fourth-order valence-electron chi connectivity index (χ4n) is 2.92. The molecule has 106 valence electrons. The molecule has 0 aliphatic heterocycles. The Morgan fingerprint density at radius 2 is 1.95 bits per heavy atom. The topological polar surface area (TPSA) is 55.1 Å². The van der Waals surface area contributed by atoms with Gasteiger partial charge in [-0.25, -0.2) is 0 Å². The van der Waals surface area contributed by atoms with E-state index >= 15 is 0 Å². The monoisotopic (exact) mass is 272 g/mol. The number of carbonyl (C=O) groups excluding carboxylic acids is 1. The zero-order valence-corrected chi connectivity index (χ0v) is 11.6. The summed E-state index contributed by atoms with van der Waals surface area (Å²) >= 11 is 0. The largest absolute Gasteiger partial charge is 0.356 e. The highest BCUT2D eigenvalue weighted by Gasteiger charge is 2.17. The van der Waals surface area contributed by atoms with Crippen molar-refractivity contribution >= 4 is 16.9 Å². The van der Waals surface area contributed by atoms with E-state index in [9.17, 15) is 4.79 Å². The van der Waals surface area contributed by atoms with Crippen LogP contribution in [0.5, 0.6) is 0 Å². The Labute approximate surface area is 118 Å². The number of hydrogen-bond donors (Lipinski definition) is 1. The SMILES string of the molecule is O=C(Cc1noc2ccccc12)NC1CCCCCC1. The molecule has 4 heteroatoms. The number of nitrogens with zero attached hydrogens (tertiary/aromatic N) is 1. The van der Waals surface area contributed by atoms with Crippen LogP contribution >= 0.6 is 0 Å². The Bertz CT molecular complexity index is 583. The van der Waals surface area contributed by atoms with Crippen molar-refractivity contribution in [1.82, 2.24) is 10.5 Å². The normalized spacial score (nSPS) is 17.0. The van der Waals surface area contributed by atoms with Gasteiger partial charge in [-0.1, -0.05) is 43.0 Å². The lowest BCUT2D eigenvalue weighted by Gasteiger charge is -2.15. The van der Waals surface area contributed by atoms with E-state index in [0.717, 1.165) is 29.5 Å². The molecule has 0 spiro atoms. The molecule has 2 aromatic rings. The standard InChI is InChI=1S/C16H20N2O2/c19-16(17-12-7-3-1-2-4-8-12)11-14-13-9-5-6-10-15(13)20-18-14/h5-6,9-10,12H,1-4,7-8,11H2,(H,17,19). The second-order valence-corrected chi connectivity index (χ2v) is 5.56. The van der Waals surface area contributed by atoms with E-state index in [1.807, 2.05) is 24.3 Å². The zero-order valence-electron chi connectivity index (χ0n) is 11.6. The van der Waals surface area contributed by atoms with Gasteiger partial charge in [0, 0.05) is 11.4 Å². The second-order valence-electron chi connectivity index (χ2n) is 5.56. The van der Waals surface area contributed by atoms with Crippen molar-refractivity contribution < 1.29 is 9.32 Å². The van der Waals surface area contributed by atoms with Gasteiger partial charge in [-0.15, -0.1) is 0 Å². The smallest absolute Gasteiger partial charge is 0.226 e. The van der Waals surface area contributed by atoms with Gasteiger partial charge >= 0.3 is 0 Å². The minimum absolute atomic E-state index is 0.0518. The number of fused-ring (bicyclic) bond motifs is 1. The van der Waals surface area contributed by atoms with E-state index in [4.69, 9.17) is 4.52 Å². The zero-order chi connectivity index (χ0) is 13.8. The van der Waals surface area contributed by atoms with E-state index in [0.29, 0.717) is 12.5 Å². The Balaban J connectivity index is 1.63. The summed E-state index contributed by atoms with van der Waals surface area (Å²) in [6, 6.07) is 7.99. The average molecular weight is 272 g/mol. The van der Waals surface area contributed by atoms with E-state index in [1.54, 1.807) is 0 Å². The third-order valence-corrected chi connectivity index (χ3v) is 4.00. The van der Waals surface area contributed by atoms with Gasteiger partial charge in [-0.2, -0.15) is 0 Å². The molecule has 20 heavy (non-hydrogen) atoms. The van der Waals surface area contributed by atoms with Crippen LogP contribution in [0.25, 0.3) is 11.0 Å². The lowest BCUT2D eigenvalue weighted by molar-refractivity contribution is -0.121. The van der Waals surface area contributed by atoms with Gasteiger partial charge in [-0.3, -0.25) is 4.79 Å². The summed E-state index contributed by atoms with van der Waals surface area (Å²) in [6.07, 6.45) is 7.53. The molecule has 3 rings (SSSR count). The third kappa shape index (κ3) is 3.00. The second kappa shape index (κ2) is 6.07. The van der Waals surface area contributed by atoms with Crippen molar-refractivity contribution in [2.45, 2.75) is 51.0 Å². The number of rotatable bonds is 3. The first-order valence-electron chi connectivity index (χ1n) is 7.45. The fraction of sp³-hybridized carbons (Fsp3) is 0.500. The van der Waals surface area contributed by atoms with Gasteiger partial charge in [0.15, 0.2) is 5.58 Å². The van der Waals surface area contributed by atoms with Crippen molar-refractivity contribution in [3.05, 3.63) is 30.0 Å². The molecular formula is C16H20N2O2. The Hall–Kier alpha value is -1.84. The average Bonchev–Trinajstić information content (AvgIpc) is 2.68. The lowest BCUT2D eigenvalue weighted by Crippen LogP contribution is -2.35. The first-order chi connectivity index (χ1) is 9.83. The summed E-state index contributed by atoms with van der Waals surface area (Å²) < 4.78 is 5.23. The number of benzene rings is 1. The summed E-state index contributed by atoms with van der Waals surface area (Å²) in [7, 11) is 0. The van der Waals surface area contributed by atoms with E-state index in [-0.39, 0.29) is 5.91 Å². The van der Waals surface area contributed by atoms with E-state index in [2.05, 4.69) is 10.5 Å². The summed E-state index contributed by atoms with van der Waals surface area (Å²) in [5, 5.41) is 8.09. The molecule has 1 aliphatic carbocycles. The van der Waals surface area contributed by atoms with Gasteiger partial charge in [0.25, 0.3) is 0 Å². The Morgan fingerprint density at radius 3 is 2.75 bits per heavy atom. The van der Waals surface area contributed by atoms with Crippen LogP contribution in [0.4, 0.5) is 0 Å². The number of hydrogen-bond acceptors (Lipinski definition) is 3. The highest BCUT2D eigenvalue weighted by molar-refractivity contribution is 5.86. The van der Waals surface area contributed by atoms with Crippen molar-refractivity contribution in [3.8, 4) is 0 Å². The number of carbonyl (C=O) groups is 1. The molecule has 1 saturated carbocycles. The van der Waals surface area contributed by atoms with Gasteiger partial charge in [-0.05, 0) is 25.0 Å². The predicted octanol–water partition coefficient (Wildman–Crippen LogP) is 3.21. The van der Waals surface area contributed by atoms with Crippen LogP contribution in [0.1, 0.15) is 44.2 Å². The first kappa shape index (κ1) is 13.2. The number of para-hydroxylation sites is 1. The molecule has 1 aliphatic rings. The maximum atomic E-state index is 12.1. The van der Waals surface area contributed by atoms with Crippen LogP contribution in [-0.4, -0.2) is 17.1 Å². The number of amides is 1. The highest BCUT2D eigenvalue weighted by Crippen LogP contribution is 2.19. The molecule has 1 fully saturated rings. The maximum absolute atomic E-state index is 12.1. The molecule has 1 N–H and O–H groups in total. The fourth-order valence-corrected chi connectivity index (χ4v) is 2.92. The molecule has 0 radical (unpaired) electrons.